The van der Waals surface area contributed by atoms with E-state index in [1.165, 1.54) is 0 Å². The van der Waals surface area contributed by atoms with Gasteiger partial charge in [-0.1, -0.05) is 0 Å². The number of rotatable bonds is 4. The predicted molar refractivity (Wildman–Crippen MR) is 99.6 cm³/mol. The van der Waals surface area contributed by atoms with Gasteiger partial charge in [0.2, 0.25) is 0 Å². The third-order valence-corrected chi connectivity index (χ3v) is 4.70. The highest BCUT2D eigenvalue weighted by molar-refractivity contribution is 5.98. The minimum atomic E-state index is -0.0915. The summed E-state index contributed by atoms with van der Waals surface area (Å²) in [5.74, 6) is 1.53. The highest BCUT2D eigenvalue weighted by Crippen LogP contribution is 2.22. The molecule has 3 heterocycles. The molecule has 7 heteroatoms. The van der Waals surface area contributed by atoms with E-state index in [1.807, 2.05) is 24.3 Å². The third kappa shape index (κ3) is 3.33. The molecular weight excluding hydrogens is 330 g/mol. The van der Waals surface area contributed by atoms with Crippen molar-refractivity contribution in [2.75, 3.05) is 25.1 Å². The molecule has 0 radical (unpaired) electrons. The number of hydrogen-bond acceptors (Lipinski definition) is 5. The molecule has 1 atom stereocenters. The summed E-state index contributed by atoms with van der Waals surface area (Å²) >= 11 is 0. The first-order valence-electron chi connectivity index (χ1n) is 8.71. The average Bonchev–Trinajstić information content (AvgIpc) is 3.12. The molecule has 4 rings (SSSR count). The summed E-state index contributed by atoms with van der Waals surface area (Å²) in [7, 11) is 1.63. The zero-order valence-electron chi connectivity index (χ0n) is 14.6. The molecule has 1 amide bonds. The summed E-state index contributed by atoms with van der Waals surface area (Å²) in [6, 6.07) is 7.65. The topological polar surface area (TPSA) is 83.1 Å². The van der Waals surface area contributed by atoms with Gasteiger partial charge in [-0.25, -0.2) is 4.98 Å². The molecule has 134 valence electrons. The van der Waals surface area contributed by atoms with Crippen LogP contribution in [-0.2, 0) is 0 Å². The molecule has 0 spiro atoms. The molecule has 0 aliphatic carbocycles. The Hall–Kier alpha value is -3.09. The Kier molecular flexibility index (Phi) is 4.43. The summed E-state index contributed by atoms with van der Waals surface area (Å²) in [6.45, 7) is 1.66. The van der Waals surface area contributed by atoms with E-state index in [-0.39, 0.29) is 11.9 Å². The normalized spacial score (nSPS) is 17.3. The van der Waals surface area contributed by atoms with E-state index in [4.69, 9.17) is 4.74 Å². The lowest BCUT2D eigenvalue weighted by Gasteiger charge is -2.33. The summed E-state index contributed by atoms with van der Waals surface area (Å²) in [6.07, 6.45) is 7.07. The maximum absolute atomic E-state index is 12.7. The molecule has 1 aliphatic rings. The van der Waals surface area contributed by atoms with Gasteiger partial charge in [0, 0.05) is 42.4 Å². The fourth-order valence-corrected chi connectivity index (χ4v) is 3.38. The molecule has 7 nitrogen and oxygen atoms in total. The van der Waals surface area contributed by atoms with Crippen LogP contribution in [-0.4, -0.2) is 47.1 Å². The van der Waals surface area contributed by atoms with Crippen molar-refractivity contribution < 1.29 is 9.53 Å². The number of aromatic amines is 1. The van der Waals surface area contributed by atoms with Crippen molar-refractivity contribution in [1.82, 2.24) is 20.3 Å². The van der Waals surface area contributed by atoms with Crippen molar-refractivity contribution in [3.05, 3.63) is 48.5 Å². The van der Waals surface area contributed by atoms with Gasteiger partial charge in [0.25, 0.3) is 5.91 Å². The Morgan fingerprint density at radius 1 is 1.35 bits per heavy atom. The van der Waals surface area contributed by atoms with Crippen LogP contribution in [0.4, 0.5) is 5.82 Å². The van der Waals surface area contributed by atoms with E-state index < -0.39 is 0 Å². The average molecular weight is 351 g/mol. The second kappa shape index (κ2) is 7.03. The van der Waals surface area contributed by atoms with Gasteiger partial charge in [0.1, 0.15) is 17.3 Å². The number of fused-ring (bicyclic) bond motifs is 1. The first-order chi connectivity index (χ1) is 12.7. The van der Waals surface area contributed by atoms with Gasteiger partial charge < -0.3 is 19.9 Å². The highest BCUT2D eigenvalue weighted by Gasteiger charge is 2.23. The van der Waals surface area contributed by atoms with Crippen LogP contribution < -0.4 is 15.0 Å². The number of carbonyl (C=O) groups is 1. The Morgan fingerprint density at radius 3 is 3.08 bits per heavy atom. The number of H-pyrrole nitrogens is 1. The van der Waals surface area contributed by atoms with Crippen LogP contribution in [0.3, 0.4) is 0 Å². The van der Waals surface area contributed by atoms with E-state index in [0.717, 1.165) is 48.4 Å². The molecule has 0 bridgehead atoms. The number of amides is 1. The maximum atomic E-state index is 12.7. The molecule has 1 aromatic carbocycles. The number of anilines is 1. The van der Waals surface area contributed by atoms with Gasteiger partial charge in [0.05, 0.1) is 13.3 Å². The van der Waals surface area contributed by atoms with Crippen molar-refractivity contribution in [2.24, 2.45) is 0 Å². The molecule has 2 N–H and O–H groups in total. The Morgan fingerprint density at radius 2 is 2.27 bits per heavy atom. The fraction of sp³-hybridized carbons (Fsp3) is 0.316. The number of carbonyl (C=O) groups excluding carboxylic acids is 1. The zero-order valence-corrected chi connectivity index (χ0v) is 14.6. The predicted octanol–water partition coefficient (Wildman–Crippen LogP) is 2.37. The molecule has 26 heavy (non-hydrogen) atoms. The first-order valence-corrected chi connectivity index (χ1v) is 8.71. The van der Waals surface area contributed by atoms with Gasteiger partial charge in [-0.05, 0) is 37.1 Å². The molecule has 0 saturated carbocycles. The molecule has 1 fully saturated rings. The summed E-state index contributed by atoms with van der Waals surface area (Å²) in [4.78, 5) is 26.5. The summed E-state index contributed by atoms with van der Waals surface area (Å²) in [5, 5.41) is 4.09. The molecule has 1 aliphatic heterocycles. The molecule has 0 unspecified atom stereocenters. The van der Waals surface area contributed by atoms with E-state index in [9.17, 15) is 4.79 Å². The number of nitrogens with zero attached hydrogens (tertiary/aromatic N) is 3. The van der Waals surface area contributed by atoms with Gasteiger partial charge in [-0.15, -0.1) is 0 Å². The van der Waals surface area contributed by atoms with Crippen molar-refractivity contribution in [1.29, 1.82) is 0 Å². The highest BCUT2D eigenvalue weighted by atomic mass is 16.5. The van der Waals surface area contributed by atoms with Gasteiger partial charge in [0.15, 0.2) is 0 Å². The van der Waals surface area contributed by atoms with Gasteiger partial charge >= 0.3 is 0 Å². The fourth-order valence-electron chi connectivity index (χ4n) is 3.38. The van der Waals surface area contributed by atoms with Crippen molar-refractivity contribution in [3.8, 4) is 5.75 Å². The number of benzene rings is 1. The minimum Gasteiger partial charge on any atom is -0.497 e. The van der Waals surface area contributed by atoms with E-state index in [0.29, 0.717) is 5.69 Å². The van der Waals surface area contributed by atoms with Crippen LogP contribution in [0.2, 0.25) is 0 Å². The number of hydrogen-bond donors (Lipinski definition) is 2. The number of aromatic nitrogens is 3. The van der Waals surface area contributed by atoms with Crippen LogP contribution >= 0.6 is 0 Å². The minimum absolute atomic E-state index is 0.0826. The monoisotopic (exact) mass is 351 g/mol. The first kappa shape index (κ1) is 16.4. The van der Waals surface area contributed by atoms with Crippen LogP contribution in [0.5, 0.6) is 5.75 Å². The van der Waals surface area contributed by atoms with Crippen LogP contribution in [0.25, 0.3) is 10.9 Å². The standard InChI is InChI=1S/C19H21N5O2/c1-26-15-4-5-16-13(9-15)10-17(23-16)19(25)22-14-3-2-8-24(12-14)18-11-20-6-7-21-18/h4-7,9-11,14,23H,2-3,8,12H2,1H3,(H,22,25)/t14-/m1/s1. The zero-order chi connectivity index (χ0) is 17.9. The molecule has 1 saturated heterocycles. The second-order valence-electron chi connectivity index (χ2n) is 6.46. The largest absolute Gasteiger partial charge is 0.497 e. The number of nitrogens with one attached hydrogen (secondary N) is 2. The summed E-state index contributed by atoms with van der Waals surface area (Å²) in [5.41, 5.74) is 1.48. The third-order valence-electron chi connectivity index (χ3n) is 4.70. The lowest BCUT2D eigenvalue weighted by molar-refractivity contribution is 0.0929. The molecule has 2 aromatic heterocycles. The van der Waals surface area contributed by atoms with Crippen LogP contribution in [0.15, 0.2) is 42.9 Å². The number of methoxy groups -OCH3 is 1. The maximum Gasteiger partial charge on any atom is 0.268 e. The summed E-state index contributed by atoms with van der Waals surface area (Å²) < 4.78 is 5.24. The Bertz CT molecular complexity index is 909. The second-order valence-corrected chi connectivity index (χ2v) is 6.46. The quantitative estimate of drug-likeness (QED) is 0.754. The number of piperidine rings is 1. The Balaban J connectivity index is 1.45. The van der Waals surface area contributed by atoms with Crippen LogP contribution in [0, 0.1) is 0 Å². The van der Waals surface area contributed by atoms with E-state index in [1.54, 1.807) is 25.7 Å². The SMILES string of the molecule is COc1ccc2[nH]c(C(=O)N[C@@H]3CCCN(c4cnccn4)C3)cc2c1. The van der Waals surface area contributed by atoms with Crippen molar-refractivity contribution in [2.45, 2.75) is 18.9 Å². The lowest BCUT2D eigenvalue weighted by atomic mass is 10.1. The van der Waals surface area contributed by atoms with Crippen molar-refractivity contribution >= 4 is 22.6 Å². The van der Waals surface area contributed by atoms with Gasteiger partial charge in [-0.3, -0.25) is 9.78 Å². The Labute approximate surface area is 151 Å². The lowest BCUT2D eigenvalue weighted by Crippen LogP contribution is -2.48. The van der Waals surface area contributed by atoms with E-state index >= 15 is 0 Å². The van der Waals surface area contributed by atoms with Crippen molar-refractivity contribution in [3.63, 3.8) is 0 Å². The van der Waals surface area contributed by atoms with E-state index in [2.05, 4.69) is 25.2 Å². The van der Waals surface area contributed by atoms with Crippen LogP contribution in [0.1, 0.15) is 23.3 Å². The smallest absolute Gasteiger partial charge is 0.268 e. The molecule has 3 aromatic rings. The number of ether oxygens (including phenoxy) is 1. The molecular formula is C19H21N5O2. The van der Waals surface area contributed by atoms with Gasteiger partial charge in [-0.2, -0.15) is 0 Å².